The van der Waals surface area contributed by atoms with E-state index >= 15 is 0 Å². The normalized spacial score (nSPS) is 11.1. The summed E-state index contributed by atoms with van der Waals surface area (Å²) in [4.78, 5) is 12.4. The minimum Gasteiger partial charge on any atom is -0.322 e. The second-order valence-corrected chi connectivity index (χ2v) is 8.27. The third kappa shape index (κ3) is 4.20. The number of carbonyl (C=O) groups is 1. The van der Waals surface area contributed by atoms with Gasteiger partial charge in [0.25, 0.3) is 15.9 Å². The van der Waals surface area contributed by atoms with Gasteiger partial charge in [-0.3, -0.25) is 9.10 Å². The van der Waals surface area contributed by atoms with Gasteiger partial charge in [-0.05, 0) is 61.0 Å². The molecule has 0 bridgehead atoms. The zero-order chi connectivity index (χ0) is 20.3. The zero-order valence-electron chi connectivity index (χ0n) is 15.4. The molecule has 3 aromatic rings. The Labute approximate surface area is 163 Å². The Balaban J connectivity index is 1.88. The van der Waals surface area contributed by atoms with Crippen molar-refractivity contribution in [2.24, 2.45) is 0 Å². The molecule has 144 valence electrons. The summed E-state index contributed by atoms with van der Waals surface area (Å²) >= 11 is 0. The Kier molecular flexibility index (Phi) is 5.46. The number of hydrogen-bond donors (Lipinski definition) is 1. The van der Waals surface area contributed by atoms with Gasteiger partial charge >= 0.3 is 0 Å². The Bertz CT molecular complexity index is 1130. The first-order valence-corrected chi connectivity index (χ1v) is 9.94. The van der Waals surface area contributed by atoms with Crippen LogP contribution in [0, 0.1) is 12.7 Å². The van der Waals surface area contributed by atoms with Gasteiger partial charge in [0.1, 0.15) is 5.82 Å². The molecule has 0 saturated heterocycles. The van der Waals surface area contributed by atoms with Crippen LogP contribution in [0.2, 0.25) is 0 Å². The largest absolute Gasteiger partial charge is 0.322 e. The molecule has 1 N–H and O–H groups in total. The molecular formula is C21H19FN2O3S. The highest BCUT2D eigenvalue weighted by molar-refractivity contribution is 7.92. The van der Waals surface area contributed by atoms with Gasteiger partial charge in [-0.25, -0.2) is 12.8 Å². The summed E-state index contributed by atoms with van der Waals surface area (Å²) in [6.07, 6.45) is 0. The number of anilines is 2. The molecule has 0 heterocycles. The first-order chi connectivity index (χ1) is 13.3. The van der Waals surface area contributed by atoms with Crippen LogP contribution in [0.3, 0.4) is 0 Å². The predicted molar refractivity (Wildman–Crippen MR) is 108 cm³/mol. The van der Waals surface area contributed by atoms with Gasteiger partial charge in [-0.2, -0.15) is 0 Å². The number of nitrogens with zero attached hydrogens (tertiary/aromatic N) is 1. The average Bonchev–Trinajstić information content (AvgIpc) is 2.67. The van der Waals surface area contributed by atoms with Crippen molar-refractivity contribution in [3.05, 3.63) is 89.7 Å². The summed E-state index contributed by atoms with van der Waals surface area (Å²) in [5.41, 5.74) is 1.90. The molecule has 0 spiro atoms. The number of nitrogens with one attached hydrogen (secondary N) is 1. The third-order valence-electron chi connectivity index (χ3n) is 4.20. The smallest absolute Gasteiger partial charge is 0.264 e. The summed E-state index contributed by atoms with van der Waals surface area (Å²) in [6.45, 7) is 1.88. The van der Waals surface area contributed by atoms with Crippen LogP contribution in [0.15, 0.2) is 77.7 Å². The van der Waals surface area contributed by atoms with Crippen molar-refractivity contribution in [2.75, 3.05) is 16.7 Å². The highest BCUT2D eigenvalue weighted by Crippen LogP contribution is 2.23. The van der Waals surface area contributed by atoms with E-state index in [9.17, 15) is 17.6 Å². The third-order valence-corrected chi connectivity index (χ3v) is 5.98. The van der Waals surface area contributed by atoms with Crippen LogP contribution in [-0.2, 0) is 10.0 Å². The lowest BCUT2D eigenvalue weighted by atomic mass is 10.2. The molecule has 3 aromatic carbocycles. The molecule has 3 rings (SSSR count). The SMILES string of the molecule is Cc1cccc(N(C)S(=O)(=O)c2cccc(C(=O)Nc3cccc(F)c3)c2)c1. The topological polar surface area (TPSA) is 66.5 Å². The monoisotopic (exact) mass is 398 g/mol. The first kappa shape index (κ1) is 19.6. The predicted octanol–water partition coefficient (Wildman–Crippen LogP) is 4.21. The van der Waals surface area contributed by atoms with Crippen LogP contribution in [0.4, 0.5) is 15.8 Å². The highest BCUT2D eigenvalue weighted by atomic mass is 32.2. The number of aryl methyl sites for hydroxylation is 1. The summed E-state index contributed by atoms with van der Waals surface area (Å²) in [7, 11) is -2.39. The van der Waals surface area contributed by atoms with E-state index in [-0.39, 0.29) is 16.1 Å². The number of sulfonamides is 1. The fourth-order valence-electron chi connectivity index (χ4n) is 2.69. The molecule has 0 fully saturated rings. The average molecular weight is 398 g/mol. The van der Waals surface area contributed by atoms with E-state index in [2.05, 4.69) is 5.32 Å². The van der Waals surface area contributed by atoms with Crippen LogP contribution in [-0.4, -0.2) is 21.4 Å². The molecule has 0 saturated carbocycles. The lowest BCUT2D eigenvalue weighted by Crippen LogP contribution is -2.27. The second kappa shape index (κ2) is 7.82. The van der Waals surface area contributed by atoms with Crippen molar-refractivity contribution in [3.8, 4) is 0 Å². The van der Waals surface area contributed by atoms with Gasteiger partial charge in [0.2, 0.25) is 0 Å². The Morgan fingerprint density at radius 3 is 2.39 bits per heavy atom. The number of amides is 1. The zero-order valence-corrected chi connectivity index (χ0v) is 16.2. The molecule has 1 amide bonds. The minimum absolute atomic E-state index is 0.0107. The quantitative estimate of drug-likeness (QED) is 0.700. The molecule has 5 nitrogen and oxygen atoms in total. The van der Waals surface area contributed by atoms with Gasteiger partial charge in [0.15, 0.2) is 0 Å². The maximum absolute atomic E-state index is 13.3. The van der Waals surface area contributed by atoms with E-state index in [0.717, 1.165) is 5.56 Å². The summed E-state index contributed by atoms with van der Waals surface area (Å²) in [6, 6.07) is 18.3. The van der Waals surface area contributed by atoms with E-state index in [0.29, 0.717) is 5.69 Å². The van der Waals surface area contributed by atoms with Crippen molar-refractivity contribution in [1.29, 1.82) is 0 Å². The molecular weight excluding hydrogens is 379 g/mol. The van der Waals surface area contributed by atoms with Gasteiger partial charge in [0, 0.05) is 18.3 Å². The van der Waals surface area contributed by atoms with Crippen molar-refractivity contribution in [1.82, 2.24) is 0 Å². The van der Waals surface area contributed by atoms with Gasteiger partial charge in [0.05, 0.1) is 10.6 Å². The molecule has 0 aliphatic heterocycles. The van der Waals surface area contributed by atoms with Crippen LogP contribution in [0.25, 0.3) is 0 Å². The molecule has 0 radical (unpaired) electrons. The minimum atomic E-state index is -3.85. The first-order valence-electron chi connectivity index (χ1n) is 8.50. The molecule has 0 aliphatic rings. The second-order valence-electron chi connectivity index (χ2n) is 6.30. The number of rotatable bonds is 5. The Morgan fingerprint density at radius 2 is 1.68 bits per heavy atom. The molecule has 0 aromatic heterocycles. The number of halogens is 1. The molecule has 0 unspecified atom stereocenters. The van der Waals surface area contributed by atoms with Crippen LogP contribution in [0.1, 0.15) is 15.9 Å². The molecule has 0 aliphatic carbocycles. The van der Waals surface area contributed by atoms with Crippen LogP contribution >= 0.6 is 0 Å². The summed E-state index contributed by atoms with van der Waals surface area (Å²) in [5, 5.41) is 2.56. The molecule has 0 atom stereocenters. The summed E-state index contributed by atoms with van der Waals surface area (Å²) in [5.74, 6) is -1.00. The number of benzene rings is 3. The number of hydrogen-bond acceptors (Lipinski definition) is 3. The molecule has 7 heteroatoms. The van der Waals surface area contributed by atoms with Gasteiger partial charge < -0.3 is 5.32 Å². The van der Waals surface area contributed by atoms with E-state index in [1.54, 1.807) is 24.3 Å². The Morgan fingerprint density at radius 1 is 0.964 bits per heavy atom. The standard InChI is InChI=1S/C21H19FN2O3S/c1-15-6-3-10-19(12-15)24(2)28(26,27)20-11-4-7-16(13-20)21(25)23-18-9-5-8-17(22)14-18/h3-14H,1-2H3,(H,23,25). The lowest BCUT2D eigenvalue weighted by molar-refractivity contribution is 0.102. The maximum Gasteiger partial charge on any atom is 0.264 e. The van der Waals surface area contributed by atoms with Crippen LogP contribution in [0.5, 0.6) is 0 Å². The Hall–Kier alpha value is -3.19. The molecule has 28 heavy (non-hydrogen) atoms. The van der Waals surface area contributed by atoms with E-state index in [1.807, 2.05) is 13.0 Å². The van der Waals surface area contributed by atoms with Gasteiger partial charge in [-0.1, -0.05) is 24.3 Å². The van der Waals surface area contributed by atoms with E-state index in [4.69, 9.17) is 0 Å². The summed E-state index contributed by atoms with van der Waals surface area (Å²) < 4.78 is 40.4. The number of carbonyl (C=O) groups excluding carboxylic acids is 1. The van der Waals surface area contributed by atoms with Crippen molar-refractivity contribution in [3.63, 3.8) is 0 Å². The van der Waals surface area contributed by atoms with Crippen molar-refractivity contribution < 1.29 is 17.6 Å². The van der Waals surface area contributed by atoms with Crippen molar-refractivity contribution >= 4 is 27.3 Å². The van der Waals surface area contributed by atoms with Crippen molar-refractivity contribution in [2.45, 2.75) is 11.8 Å². The fraction of sp³-hybridized carbons (Fsp3) is 0.0952. The maximum atomic E-state index is 13.3. The lowest BCUT2D eigenvalue weighted by Gasteiger charge is -2.20. The van der Waals surface area contributed by atoms with E-state index < -0.39 is 21.7 Å². The van der Waals surface area contributed by atoms with Gasteiger partial charge in [-0.15, -0.1) is 0 Å². The fourth-order valence-corrected chi connectivity index (χ4v) is 3.92. The van der Waals surface area contributed by atoms with E-state index in [1.165, 1.54) is 53.8 Å². The van der Waals surface area contributed by atoms with Crippen LogP contribution < -0.4 is 9.62 Å². The highest BCUT2D eigenvalue weighted by Gasteiger charge is 2.22.